The molecular formula is C16H48N8P8. The molecule has 8 nitrogen and oxygen atoms in total. The van der Waals surface area contributed by atoms with Gasteiger partial charge in [-0.05, 0) is 107 Å². The molecule has 1 rings (SSSR count). The predicted octanol–water partition coefficient (Wildman–Crippen LogP) is 11.0. The molecule has 0 bridgehead atoms. The quantitative estimate of drug-likeness (QED) is 0.247. The second kappa shape index (κ2) is 9.95. The monoisotopic (exact) mass is 600 g/mol. The van der Waals surface area contributed by atoms with E-state index in [9.17, 15) is 0 Å². The summed E-state index contributed by atoms with van der Waals surface area (Å²) in [7, 11) is -15.1. The van der Waals surface area contributed by atoms with E-state index in [0.29, 0.717) is 0 Å². The highest BCUT2D eigenvalue weighted by molar-refractivity contribution is 7.87. The number of rotatable bonds is 0. The molecule has 0 aromatic rings. The van der Waals surface area contributed by atoms with Gasteiger partial charge in [-0.15, -0.1) is 0 Å². The van der Waals surface area contributed by atoms with E-state index in [1.165, 1.54) is 0 Å². The van der Waals surface area contributed by atoms with Crippen LogP contribution in [0.25, 0.3) is 0 Å². The van der Waals surface area contributed by atoms with Crippen molar-refractivity contribution in [2.45, 2.75) is 0 Å². The average molecular weight is 600 g/mol. The largest absolute Gasteiger partial charge is 0.242 e. The van der Waals surface area contributed by atoms with E-state index in [4.69, 9.17) is 36.1 Å². The Hall–Kier alpha value is 1.84. The zero-order valence-electron chi connectivity index (χ0n) is 23.2. The molecule has 0 saturated carbocycles. The first-order valence-corrected chi connectivity index (χ1v) is 31.1. The number of hydrogen-bond donors (Lipinski definition) is 0. The highest BCUT2D eigenvalue weighted by atomic mass is 31.3. The lowest BCUT2D eigenvalue weighted by atomic mass is 11.9. The van der Waals surface area contributed by atoms with Gasteiger partial charge in [0.1, 0.15) is 0 Å². The van der Waals surface area contributed by atoms with Crippen molar-refractivity contribution in [3.05, 3.63) is 0 Å². The lowest BCUT2D eigenvalue weighted by Gasteiger charge is -2.26. The van der Waals surface area contributed by atoms with Gasteiger partial charge in [0.15, 0.2) is 0 Å². The van der Waals surface area contributed by atoms with Crippen LogP contribution >= 0.6 is 57.6 Å². The molecule has 32 heavy (non-hydrogen) atoms. The van der Waals surface area contributed by atoms with E-state index < -0.39 is 57.6 Å². The Morgan fingerprint density at radius 2 is 0.250 bits per heavy atom. The van der Waals surface area contributed by atoms with Crippen LogP contribution in [0.4, 0.5) is 0 Å². The lowest BCUT2D eigenvalue weighted by Crippen LogP contribution is -1.82. The Labute approximate surface area is 200 Å². The van der Waals surface area contributed by atoms with Crippen LogP contribution in [0.5, 0.6) is 0 Å². The Balaban J connectivity index is 4.32. The summed E-state index contributed by atoms with van der Waals surface area (Å²) in [5.41, 5.74) is 0. The first kappa shape index (κ1) is 31.9. The van der Waals surface area contributed by atoms with Crippen LogP contribution in [0, 0.1) is 0 Å². The van der Waals surface area contributed by atoms with Crippen LogP contribution < -0.4 is 0 Å². The van der Waals surface area contributed by atoms with Crippen molar-refractivity contribution in [2.24, 2.45) is 36.1 Å². The molecule has 0 aromatic heterocycles. The van der Waals surface area contributed by atoms with Crippen molar-refractivity contribution < 1.29 is 0 Å². The molecule has 0 saturated heterocycles. The van der Waals surface area contributed by atoms with Gasteiger partial charge in [-0.25, -0.2) is 36.1 Å². The molecule has 1 heterocycles. The molecule has 0 N–H and O–H groups in total. The van der Waals surface area contributed by atoms with Gasteiger partial charge in [-0.3, -0.25) is 0 Å². The molecule has 0 aromatic carbocycles. The molecule has 1 aliphatic rings. The normalized spacial score (nSPS) is 29.5. The second-order valence-corrected chi connectivity index (χ2v) is 38.5. The Morgan fingerprint density at radius 1 is 0.188 bits per heavy atom. The first-order valence-electron chi connectivity index (χ1n) is 10.4. The minimum Gasteiger partial charge on any atom is -0.242 e. The van der Waals surface area contributed by atoms with Gasteiger partial charge in [0.05, 0.1) is 57.6 Å². The van der Waals surface area contributed by atoms with E-state index in [1.807, 2.05) is 0 Å². The van der Waals surface area contributed by atoms with Gasteiger partial charge in [0, 0.05) is 0 Å². The van der Waals surface area contributed by atoms with Crippen molar-refractivity contribution in [1.82, 2.24) is 0 Å². The summed E-state index contributed by atoms with van der Waals surface area (Å²) in [6.45, 7) is 35.1. The fraction of sp³-hybridized carbons (Fsp3) is 1.00. The van der Waals surface area contributed by atoms with E-state index in [-0.39, 0.29) is 0 Å². The maximum absolute atomic E-state index is 5.30. The number of nitrogens with zero attached hydrogens (tertiary/aromatic N) is 8. The molecule has 0 fully saturated rings. The summed E-state index contributed by atoms with van der Waals surface area (Å²) in [4.78, 5) is 0. The zero-order valence-corrected chi connectivity index (χ0v) is 30.3. The van der Waals surface area contributed by atoms with Crippen molar-refractivity contribution in [3.8, 4) is 0 Å². The molecule has 1 aliphatic heterocycles. The minimum absolute atomic E-state index is 1.88. The Bertz CT molecular complexity index is 868. The third-order valence-electron chi connectivity index (χ3n) is 3.50. The molecule has 0 atom stereocenters. The van der Waals surface area contributed by atoms with Gasteiger partial charge in [0.2, 0.25) is 0 Å². The number of hydrogen-bond acceptors (Lipinski definition) is 8. The Morgan fingerprint density at radius 3 is 0.312 bits per heavy atom. The van der Waals surface area contributed by atoms with E-state index in [1.54, 1.807) is 0 Å². The predicted molar refractivity (Wildman–Crippen MR) is 170 cm³/mol. The van der Waals surface area contributed by atoms with Crippen molar-refractivity contribution in [2.75, 3.05) is 107 Å². The van der Waals surface area contributed by atoms with Crippen LogP contribution in [0.2, 0.25) is 0 Å². The standard InChI is InChI=1S/C16H48N8P8/c1-25(2)17-26(3,4)19-28(7,8)21-30(11,12)23-32(15,16)24-31(13,14)22-29(9,10)20-27(5,6)18-25/h1-16H3. The topological polar surface area (TPSA) is 98.9 Å². The van der Waals surface area contributed by atoms with E-state index in [0.717, 1.165) is 0 Å². The molecule has 0 spiro atoms. The third-order valence-corrected chi connectivity index (χ3v) is 31.5. The van der Waals surface area contributed by atoms with E-state index in [2.05, 4.69) is 107 Å². The second-order valence-electron chi connectivity index (χ2n) is 11.4. The molecule has 0 amide bonds. The summed E-state index contributed by atoms with van der Waals surface area (Å²) in [5.74, 6) is 0. The van der Waals surface area contributed by atoms with Gasteiger partial charge in [0.25, 0.3) is 0 Å². The van der Waals surface area contributed by atoms with Crippen LogP contribution in [0.3, 0.4) is 0 Å². The highest BCUT2D eigenvalue weighted by Crippen LogP contribution is 2.73. The summed E-state index contributed by atoms with van der Waals surface area (Å²) in [5, 5.41) is 0. The van der Waals surface area contributed by atoms with Crippen LogP contribution in [0.15, 0.2) is 36.1 Å². The minimum atomic E-state index is -1.88. The SMILES string of the molecule is CP1(C)=NP(C)(C)=NP(C)(C)=NP(C)(C)=NP(C)(C)=NP(C)(C)=NP(C)(C)=NP(C)(C)=N1. The summed E-state index contributed by atoms with van der Waals surface area (Å²) in [6, 6.07) is 0. The Kier molecular flexibility index (Phi) is 9.91. The first-order chi connectivity index (χ1) is 13.7. The highest BCUT2D eigenvalue weighted by Gasteiger charge is 2.21. The van der Waals surface area contributed by atoms with Gasteiger partial charge < -0.3 is 0 Å². The average Bonchev–Trinajstić information content (AvgIpc) is 2.21. The van der Waals surface area contributed by atoms with Crippen molar-refractivity contribution in [3.63, 3.8) is 0 Å². The summed E-state index contributed by atoms with van der Waals surface area (Å²) >= 11 is 0. The molecule has 16 heteroatoms. The smallest absolute Gasteiger partial charge is 0.0750 e. The fourth-order valence-corrected chi connectivity index (χ4v) is 42.4. The molecular weight excluding hydrogens is 552 g/mol. The molecule has 0 radical (unpaired) electrons. The maximum Gasteiger partial charge on any atom is 0.0750 e. The lowest BCUT2D eigenvalue weighted by molar-refractivity contribution is 1.62. The van der Waals surface area contributed by atoms with Crippen LogP contribution in [0.1, 0.15) is 0 Å². The molecule has 0 unspecified atom stereocenters. The summed E-state index contributed by atoms with van der Waals surface area (Å²) < 4.78 is 42.4. The van der Waals surface area contributed by atoms with Gasteiger partial charge in [-0.1, -0.05) is 0 Å². The van der Waals surface area contributed by atoms with Crippen molar-refractivity contribution in [1.29, 1.82) is 0 Å². The third kappa shape index (κ3) is 12.2. The van der Waals surface area contributed by atoms with E-state index >= 15 is 0 Å². The maximum atomic E-state index is 5.30. The van der Waals surface area contributed by atoms with Gasteiger partial charge >= 0.3 is 0 Å². The van der Waals surface area contributed by atoms with Crippen molar-refractivity contribution >= 4 is 57.6 Å². The molecule has 0 aliphatic carbocycles. The summed E-state index contributed by atoms with van der Waals surface area (Å²) in [6.07, 6.45) is 0. The van der Waals surface area contributed by atoms with Crippen LogP contribution in [-0.4, -0.2) is 107 Å². The molecule has 192 valence electrons. The zero-order chi connectivity index (χ0) is 25.7. The van der Waals surface area contributed by atoms with Crippen LogP contribution in [-0.2, 0) is 0 Å². The van der Waals surface area contributed by atoms with Gasteiger partial charge in [-0.2, -0.15) is 0 Å². The fourth-order valence-electron chi connectivity index (χ4n) is 4.43.